The Balaban J connectivity index is 2.01. The monoisotopic (exact) mass is 379 g/mol. The molecule has 3 heterocycles. The zero-order valence-corrected chi connectivity index (χ0v) is 16.0. The Morgan fingerprint density at radius 3 is 2.64 bits per heavy atom. The standard InChI is InChI=1S/C22H21NO5/c1-12(2)11-23-17-7-5-4-6-14(17)9-16(21(23)25)15-10-19(24)28-18-8-13(3)27-22(26)20(15)18/h4-9,12,15H,10-11H2,1-3H3. The quantitative estimate of drug-likeness (QED) is 0.652. The van der Waals surface area contributed by atoms with Gasteiger partial charge in [0.1, 0.15) is 11.5 Å². The number of esters is 1. The molecule has 0 bridgehead atoms. The van der Waals surface area contributed by atoms with E-state index < -0.39 is 17.5 Å². The predicted octanol–water partition coefficient (Wildman–Crippen LogP) is 3.36. The Labute approximate surface area is 161 Å². The molecule has 0 N–H and O–H groups in total. The minimum atomic E-state index is -0.691. The van der Waals surface area contributed by atoms with Gasteiger partial charge in [-0.1, -0.05) is 32.0 Å². The minimum Gasteiger partial charge on any atom is -0.428 e. The van der Waals surface area contributed by atoms with Crippen molar-refractivity contribution >= 4 is 16.9 Å². The molecule has 1 aromatic carbocycles. The van der Waals surface area contributed by atoms with Crippen LogP contribution in [0.1, 0.15) is 43.1 Å². The highest BCUT2D eigenvalue weighted by Crippen LogP contribution is 2.36. The molecule has 3 aromatic rings. The molecule has 0 fully saturated rings. The molecule has 1 atom stereocenters. The second kappa shape index (κ2) is 6.78. The van der Waals surface area contributed by atoms with Crippen LogP contribution in [0.3, 0.4) is 0 Å². The van der Waals surface area contributed by atoms with Crippen molar-refractivity contribution in [3.63, 3.8) is 0 Å². The highest BCUT2D eigenvalue weighted by molar-refractivity contribution is 5.81. The van der Waals surface area contributed by atoms with Crippen LogP contribution in [0.4, 0.5) is 0 Å². The van der Waals surface area contributed by atoms with Crippen LogP contribution in [0.5, 0.6) is 5.75 Å². The summed E-state index contributed by atoms with van der Waals surface area (Å²) in [7, 11) is 0. The van der Waals surface area contributed by atoms with Crippen LogP contribution in [0.2, 0.25) is 0 Å². The summed E-state index contributed by atoms with van der Waals surface area (Å²) in [5, 5.41) is 0.884. The number of fused-ring (bicyclic) bond motifs is 2. The lowest BCUT2D eigenvalue weighted by Gasteiger charge is -2.24. The van der Waals surface area contributed by atoms with Gasteiger partial charge in [0.05, 0.1) is 17.5 Å². The lowest BCUT2D eigenvalue weighted by molar-refractivity contribution is -0.135. The number of carbonyl (C=O) groups excluding carboxylic acids is 1. The van der Waals surface area contributed by atoms with Crippen LogP contribution in [0.25, 0.3) is 10.9 Å². The lowest BCUT2D eigenvalue weighted by atomic mass is 9.87. The zero-order chi connectivity index (χ0) is 20.0. The Hall–Kier alpha value is -3.15. The molecule has 1 unspecified atom stereocenters. The molecule has 0 saturated carbocycles. The molecule has 144 valence electrons. The number of pyridine rings is 1. The van der Waals surface area contributed by atoms with Gasteiger partial charge in [-0.15, -0.1) is 0 Å². The summed E-state index contributed by atoms with van der Waals surface area (Å²) >= 11 is 0. The van der Waals surface area contributed by atoms with E-state index in [0.29, 0.717) is 17.9 Å². The maximum Gasteiger partial charge on any atom is 0.343 e. The normalized spacial score (nSPS) is 16.3. The van der Waals surface area contributed by atoms with Crippen molar-refractivity contribution in [1.82, 2.24) is 4.57 Å². The first-order valence-electron chi connectivity index (χ1n) is 9.33. The Morgan fingerprint density at radius 2 is 1.89 bits per heavy atom. The first-order chi connectivity index (χ1) is 13.3. The van der Waals surface area contributed by atoms with Crippen LogP contribution in [-0.2, 0) is 11.3 Å². The van der Waals surface area contributed by atoms with Crippen LogP contribution < -0.4 is 15.9 Å². The van der Waals surface area contributed by atoms with Crippen molar-refractivity contribution in [1.29, 1.82) is 0 Å². The van der Waals surface area contributed by atoms with E-state index in [1.54, 1.807) is 17.6 Å². The molecule has 28 heavy (non-hydrogen) atoms. The number of nitrogens with zero attached hydrogens (tertiary/aromatic N) is 1. The molecule has 0 saturated heterocycles. The van der Waals surface area contributed by atoms with Crippen LogP contribution >= 0.6 is 0 Å². The maximum absolute atomic E-state index is 13.4. The molecule has 2 aromatic heterocycles. The smallest absolute Gasteiger partial charge is 0.343 e. The molecule has 0 radical (unpaired) electrons. The zero-order valence-electron chi connectivity index (χ0n) is 16.0. The Morgan fingerprint density at radius 1 is 1.14 bits per heavy atom. The number of ether oxygens (including phenoxy) is 1. The first-order valence-corrected chi connectivity index (χ1v) is 9.33. The van der Waals surface area contributed by atoms with Crippen LogP contribution in [0, 0.1) is 12.8 Å². The molecular formula is C22H21NO5. The van der Waals surface area contributed by atoms with Gasteiger partial charge in [0.25, 0.3) is 5.56 Å². The van der Waals surface area contributed by atoms with Crippen molar-refractivity contribution in [3.8, 4) is 5.75 Å². The van der Waals surface area contributed by atoms with E-state index in [2.05, 4.69) is 0 Å². The second-order valence-corrected chi connectivity index (χ2v) is 7.62. The van der Waals surface area contributed by atoms with Gasteiger partial charge in [-0.25, -0.2) is 4.79 Å². The van der Waals surface area contributed by atoms with Gasteiger partial charge >= 0.3 is 11.6 Å². The van der Waals surface area contributed by atoms with Gasteiger partial charge in [-0.05, 0) is 30.4 Å². The van der Waals surface area contributed by atoms with Crippen molar-refractivity contribution in [2.45, 2.75) is 39.7 Å². The fraction of sp³-hybridized carbons (Fsp3) is 0.318. The number of benzene rings is 1. The second-order valence-electron chi connectivity index (χ2n) is 7.62. The summed E-state index contributed by atoms with van der Waals surface area (Å²) in [5.41, 5.74) is 0.704. The highest BCUT2D eigenvalue weighted by Gasteiger charge is 2.34. The molecule has 1 aliphatic rings. The number of aromatic nitrogens is 1. The van der Waals surface area contributed by atoms with Crippen molar-refractivity contribution in [2.75, 3.05) is 0 Å². The van der Waals surface area contributed by atoms with Crippen LogP contribution in [-0.4, -0.2) is 10.5 Å². The molecule has 6 heteroatoms. The lowest BCUT2D eigenvalue weighted by Crippen LogP contribution is -2.33. The van der Waals surface area contributed by atoms with Crippen LogP contribution in [0.15, 0.2) is 50.4 Å². The average Bonchev–Trinajstić information content (AvgIpc) is 2.62. The summed E-state index contributed by atoms with van der Waals surface area (Å²) in [5.74, 6) is -0.368. The van der Waals surface area contributed by atoms with Gasteiger partial charge in [0, 0.05) is 24.1 Å². The Kier molecular flexibility index (Phi) is 4.41. The van der Waals surface area contributed by atoms with E-state index in [1.165, 1.54) is 6.07 Å². The predicted molar refractivity (Wildman–Crippen MR) is 105 cm³/mol. The van der Waals surface area contributed by atoms with Gasteiger partial charge in [-0.3, -0.25) is 9.59 Å². The number of aryl methyl sites for hydroxylation is 1. The fourth-order valence-corrected chi connectivity index (χ4v) is 3.84. The molecular weight excluding hydrogens is 358 g/mol. The summed E-state index contributed by atoms with van der Waals surface area (Å²) in [6, 6.07) is 10.9. The third kappa shape index (κ3) is 3.05. The summed E-state index contributed by atoms with van der Waals surface area (Å²) < 4.78 is 12.2. The van der Waals surface area contributed by atoms with E-state index >= 15 is 0 Å². The van der Waals surface area contributed by atoms with Gasteiger partial charge in [0.2, 0.25) is 0 Å². The first kappa shape index (κ1) is 18.2. The van der Waals surface area contributed by atoms with E-state index in [9.17, 15) is 14.4 Å². The van der Waals surface area contributed by atoms with Gasteiger partial charge in [-0.2, -0.15) is 0 Å². The molecule has 0 spiro atoms. The minimum absolute atomic E-state index is 0.0733. The molecule has 1 aliphatic heterocycles. The van der Waals surface area contributed by atoms with Crippen molar-refractivity contribution in [2.24, 2.45) is 5.92 Å². The number of hydrogen-bond donors (Lipinski definition) is 0. The number of hydrogen-bond acceptors (Lipinski definition) is 5. The number of para-hydroxylation sites is 1. The van der Waals surface area contributed by atoms with E-state index in [0.717, 1.165) is 10.9 Å². The summed E-state index contributed by atoms with van der Waals surface area (Å²) in [6.07, 6.45) is -0.0733. The van der Waals surface area contributed by atoms with E-state index in [4.69, 9.17) is 9.15 Å². The fourth-order valence-electron chi connectivity index (χ4n) is 3.84. The number of rotatable bonds is 3. The molecule has 0 aliphatic carbocycles. The summed E-state index contributed by atoms with van der Waals surface area (Å²) in [4.78, 5) is 38.1. The third-order valence-electron chi connectivity index (χ3n) is 4.97. The topological polar surface area (TPSA) is 78.5 Å². The van der Waals surface area contributed by atoms with Crippen molar-refractivity contribution in [3.05, 3.63) is 74.1 Å². The molecule has 6 nitrogen and oxygen atoms in total. The maximum atomic E-state index is 13.4. The van der Waals surface area contributed by atoms with Gasteiger partial charge < -0.3 is 13.7 Å². The van der Waals surface area contributed by atoms with E-state index in [1.807, 2.05) is 38.1 Å². The van der Waals surface area contributed by atoms with Gasteiger partial charge in [0.15, 0.2) is 0 Å². The molecule has 0 amide bonds. The average molecular weight is 379 g/mol. The highest BCUT2D eigenvalue weighted by atomic mass is 16.5. The number of carbonyl (C=O) groups is 1. The largest absolute Gasteiger partial charge is 0.428 e. The SMILES string of the molecule is Cc1cc2c(c(=O)o1)C(c1cc3ccccc3n(CC(C)C)c1=O)CC(=O)O2. The molecule has 4 rings (SSSR count). The van der Waals surface area contributed by atoms with E-state index in [-0.39, 0.29) is 29.2 Å². The Bertz CT molecular complexity index is 1200. The summed E-state index contributed by atoms with van der Waals surface area (Å²) in [6.45, 7) is 6.24. The van der Waals surface area contributed by atoms with Crippen molar-refractivity contribution < 1.29 is 13.9 Å². The third-order valence-corrected chi connectivity index (χ3v) is 4.97.